The van der Waals surface area contributed by atoms with Crippen molar-refractivity contribution in [2.45, 2.75) is 83.4 Å². The molecule has 1 unspecified atom stereocenters. The van der Waals surface area contributed by atoms with Crippen molar-refractivity contribution in [2.24, 2.45) is 0 Å². The minimum absolute atomic E-state index is 0.0121. The highest BCUT2D eigenvalue weighted by atomic mass is 32.2. The summed E-state index contributed by atoms with van der Waals surface area (Å²) in [4.78, 5) is 28.0. The number of nitrogens with zero attached hydrogens (tertiary/aromatic N) is 5. The number of hydrogen-bond donors (Lipinski definition) is 1. The summed E-state index contributed by atoms with van der Waals surface area (Å²) in [7, 11) is -3.57. The summed E-state index contributed by atoms with van der Waals surface area (Å²) in [6, 6.07) is 8.59. The minimum atomic E-state index is -3.57. The van der Waals surface area contributed by atoms with Gasteiger partial charge in [-0.3, -0.25) is 9.48 Å². The topological polar surface area (TPSA) is 119 Å². The van der Waals surface area contributed by atoms with Crippen LogP contribution in [0.2, 0.25) is 0 Å². The number of benzene rings is 2. The van der Waals surface area contributed by atoms with Crippen LogP contribution < -0.4 is 5.32 Å². The standard InChI is InChI=1S/C33H42N6O5S/c1-21-14-24-17-34-39(25-19-36(20-25)32(41)44-33(4,5)6)30(24)16-28(21)35-31(40)23(3)38-18-22(2)27-15-26(10-11-29(27)38)45(42,43)37-12-8-7-9-13-37/h10-11,14-18,23,25H,7-9,12-13,19-20H2,1-6H3,(H,35,40). The Kier molecular flexibility index (Phi) is 7.93. The maximum Gasteiger partial charge on any atom is 0.410 e. The number of piperidine rings is 1. The van der Waals surface area contributed by atoms with Crippen molar-refractivity contribution in [3.63, 3.8) is 0 Å². The van der Waals surface area contributed by atoms with Crippen molar-refractivity contribution in [1.29, 1.82) is 0 Å². The monoisotopic (exact) mass is 634 g/mol. The molecule has 2 aromatic carbocycles. The highest BCUT2D eigenvalue weighted by Crippen LogP contribution is 2.32. The predicted octanol–water partition coefficient (Wildman–Crippen LogP) is 5.77. The smallest absolute Gasteiger partial charge is 0.410 e. The van der Waals surface area contributed by atoms with Crippen molar-refractivity contribution < 1.29 is 22.7 Å². The van der Waals surface area contributed by atoms with Gasteiger partial charge < -0.3 is 19.5 Å². The van der Waals surface area contributed by atoms with Gasteiger partial charge in [-0.05, 0) is 95.8 Å². The van der Waals surface area contributed by atoms with Crippen LogP contribution in [0.1, 0.15) is 70.2 Å². The summed E-state index contributed by atoms with van der Waals surface area (Å²) >= 11 is 0. The van der Waals surface area contributed by atoms with Gasteiger partial charge in [0.1, 0.15) is 11.6 Å². The summed E-state index contributed by atoms with van der Waals surface area (Å²) in [6.07, 6.45) is 6.20. The van der Waals surface area contributed by atoms with Crippen LogP contribution in [0, 0.1) is 13.8 Å². The molecule has 1 N–H and O–H groups in total. The average Bonchev–Trinajstić information content (AvgIpc) is 3.51. The number of aryl methyl sites for hydroxylation is 2. The molecule has 12 heteroatoms. The molecule has 0 aliphatic carbocycles. The normalized spacial score (nSPS) is 17.4. The molecule has 0 saturated carbocycles. The van der Waals surface area contributed by atoms with Gasteiger partial charge in [0.05, 0.1) is 22.7 Å². The Bertz CT molecular complexity index is 1890. The molecule has 2 aliphatic heterocycles. The molecule has 0 bridgehead atoms. The van der Waals surface area contributed by atoms with E-state index in [0.29, 0.717) is 31.9 Å². The minimum Gasteiger partial charge on any atom is -0.444 e. The van der Waals surface area contributed by atoms with E-state index in [-0.39, 0.29) is 22.9 Å². The van der Waals surface area contributed by atoms with Crippen molar-refractivity contribution in [1.82, 2.24) is 23.6 Å². The summed E-state index contributed by atoms with van der Waals surface area (Å²) in [6.45, 7) is 13.4. The predicted molar refractivity (Wildman–Crippen MR) is 174 cm³/mol. The molecule has 2 amide bonds. The summed E-state index contributed by atoms with van der Waals surface area (Å²) < 4.78 is 37.5. The molecule has 6 rings (SSSR count). The number of carbonyl (C=O) groups is 2. The first-order chi connectivity index (χ1) is 21.2. The number of rotatable bonds is 6. The number of fused-ring (bicyclic) bond motifs is 2. The second kappa shape index (κ2) is 11.5. The van der Waals surface area contributed by atoms with Crippen LogP contribution in [0.5, 0.6) is 0 Å². The van der Waals surface area contributed by atoms with E-state index in [1.165, 1.54) is 0 Å². The first-order valence-electron chi connectivity index (χ1n) is 15.6. The van der Waals surface area contributed by atoms with E-state index in [1.54, 1.807) is 33.6 Å². The van der Waals surface area contributed by atoms with Crippen molar-refractivity contribution in [2.75, 3.05) is 31.5 Å². The van der Waals surface area contributed by atoms with Gasteiger partial charge in [-0.25, -0.2) is 13.2 Å². The van der Waals surface area contributed by atoms with Crippen LogP contribution >= 0.6 is 0 Å². The molecular weight excluding hydrogens is 592 g/mol. The van der Waals surface area contributed by atoms with E-state index in [2.05, 4.69) is 10.4 Å². The molecule has 11 nitrogen and oxygen atoms in total. The molecule has 240 valence electrons. The van der Waals surface area contributed by atoms with Crippen LogP contribution in [-0.4, -0.2) is 75.8 Å². The lowest BCUT2D eigenvalue weighted by Crippen LogP contribution is -2.52. The molecule has 2 fully saturated rings. The fraction of sp³-hybridized carbons (Fsp3) is 0.485. The van der Waals surface area contributed by atoms with Crippen LogP contribution in [0.4, 0.5) is 10.5 Å². The van der Waals surface area contributed by atoms with Crippen LogP contribution in [-0.2, 0) is 19.6 Å². The van der Waals surface area contributed by atoms with Gasteiger partial charge in [-0.15, -0.1) is 0 Å². The fourth-order valence-electron chi connectivity index (χ4n) is 6.22. The first-order valence-corrected chi connectivity index (χ1v) is 17.0. The molecule has 2 saturated heterocycles. The molecule has 2 aliphatic rings. The maximum atomic E-state index is 13.6. The van der Waals surface area contributed by atoms with Crippen molar-refractivity contribution in [3.8, 4) is 0 Å². The van der Waals surface area contributed by atoms with E-state index in [9.17, 15) is 18.0 Å². The summed E-state index contributed by atoms with van der Waals surface area (Å²) in [5, 5.41) is 9.48. The van der Waals surface area contributed by atoms with Crippen LogP contribution in [0.15, 0.2) is 47.6 Å². The number of nitrogens with one attached hydrogen (secondary N) is 1. The first kappa shape index (κ1) is 31.1. The quantitative estimate of drug-likeness (QED) is 0.288. The van der Waals surface area contributed by atoms with Crippen molar-refractivity contribution >= 4 is 49.5 Å². The number of anilines is 1. The van der Waals surface area contributed by atoms with E-state index in [1.807, 2.05) is 69.1 Å². The van der Waals surface area contributed by atoms with Crippen LogP contribution in [0.25, 0.3) is 21.8 Å². The largest absolute Gasteiger partial charge is 0.444 e. The molecule has 0 radical (unpaired) electrons. The van der Waals surface area contributed by atoms with Gasteiger partial charge in [0.15, 0.2) is 0 Å². The molecule has 45 heavy (non-hydrogen) atoms. The van der Waals surface area contributed by atoms with Crippen molar-refractivity contribution in [3.05, 3.63) is 53.9 Å². The molecule has 1 atom stereocenters. The van der Waals surface area contributed by atoms with Gasteiger partial charge in [0.2, 0.25) is 15.9 Å². The van der Waals surface area contributed by atoms with Gasteiger partial charge in [-0.2, -0.15) is 9.40 Å². The van der Waals surface area contributed by atoms with Gasteiger partial charge in [0.25, 0.3) is 0 Å². The molecule has 0 spiro atoms. The van der Waals surface area contributed by atoms with Gasteiger partial charge >= 0.3 is 6.09 Å². The zero-order valence-electron chi connectivity index (χ0n) is 26.8. The number of hydrogen-bond acceptors (Lipinski definition) is 6. The third-order valence-corrected chi connectivity index (χ3v) is 10.7. The third-order valence-electron chi connectivity index (χ3n) is 8.81. The Morgan fingerprint density at radius 1 is 1.00 bits per heavy atom. The van der Waals surface area contributed by atoms with E-state index < -0.39 is 21.7 Å². The lowest BCUT2D eigenvalue weighted by atomic mass is 10.1. The van der Waals surface area contributed by atoms with Gasteiger partial charge in [0, 0.05) is 54.4 Å². The molecule has 2 aromatic heterocycles. The second-order valence-corrected chi connectivity index (χ2v) is 15.3. The summed E-state index contributed by atoms with van der Waals surface area (Å²) in [5.74, 6) is -0.190. The van der Waals surface area contributed by atoms with E-state index in [0.717, 1.165) is 52.2 Å². The third kappa shape index (κ3) is 5.93. The summed E-state index contributed by atoms with van der Waals surface area (Å²) in [5.41, 5.74) is 3.63. The molecular formula is C33H42N6O5S. The SMILES string of the molecule is Cc1cc2cnn(C3CN(C(=O)OC(C)(C)C)C3)c2cc1NC(=O)C(C)n1cc(C)c2cc(S(=O)(=O)N3CCCCC3)ccc21. The fourth-order valence-corrected chi connectivity index (χ4v) is 7.76. The number of aromatic nitrogens is 3. The number of ether oxygens (including phenoxy) is 1. The highest BCUT2D eigenvalue weighted by Gasteiger charge is 2.36. The number of amides is 2. The lowest BCUT2D eigenvalue weighted by molar-refractivity contribution is -0.118. The molecule has 4 heterocycles. The zero-order valence-corrected chi connectivity index (χ0v) is 27.6. The highest BCUT2D eigenvalue weighted by molar-refractivity contribution is 7.89. The molecule has 4 aromatic rings. The Labute approximate surface area is 264 Å². The Balaban J connectivity index is 1.20. The Morgan fingerprint density at radius 3 is 2.40 bits per heavy atom. The zero-order chi connectivity index (χ0) is 32.3. The number of likely N-dealkylation sites (tertiary alicyclic amines) is 1. The second-order valence-electron chi connectivity index (χ2n) is 13.4. The number of carbonyl (C=O) groups excluding carboxylic acids is 2. The van der Waals surface area contributed by atoms with Crippen LogP contribution in [0.3, 0.4) is 0 Å². The van der Waals surface area contributed by atoms with Gasteiger partial charge in [-0.1, -0.05) is 6.42 Å². The average molecular weight is 635 g/mol. The number of sulfonamides is 1. The lowest BCUT2D eigenvalue weighted by Gasteiger charge is -2.39. The Morgan fingerprint density at radius 2 is 1.71 bits per heavy atom. The van der Waals surface area contributed by atoms with E-state index >= 15 is 0 Å². The Hall–Kier alpha value is -3.90. The van der Waals surface area contributed by atoms with E-state index in [4.69, 9.17) is 4.74 Å². The maximum absolute atomic E-state index is 13.6.